The van der Waals surface area contributed by atoms with Gasteiger partial charge in [-0.25, -0.2) is 4.98 Å². The average molecular weight is 254 g/mol. The predicted octanol–water partition coefficient (Wildman–Crippen LogP) is 3.04. The number of hydrogen-bond donors (Lipinski definition) is 1. The molecule has 2 aromatic rings. The molecule has 0 fully saturated rings. The van der Waals surface area contributed by atoms with Crippen LogP contribution in [0.5, 0.6) is 0 Å². The monoisotopic (exact) mass is 253 g/mol. The van der Waals surface area contributed by atoms with Crippen LogP contribution in [0.4, 0.5) is 5.95 Å². The predicted molar refractivity (Wildman–Crippen MR) is 69.8 cm³/mol. The number of anilines is 1. The summed E-state index contributed by atoms with van der Waals surface area (Å²) in [5.74, 6) is 0.425. The van der Waals surface area contributed by atoms with Crippen LogP contribution < -0.4 is 5.73 Å². The van der Waals surface area contributed by atoms with E-state index < -0.39 is 0 Å². The third-order valence-electron chi connectivity index (χ3n) is 2.45. The molecule has 1 heterocycles. The minimum Gasteiger partial charge on any atom is -0.369 e. The van der Waals surface area contributed by atoms with Crippen LogP contribution in [0.1, 0.15) is 0 Å². The van der Waals surface area contributed by atoms with Crippen molar-refractivity contribution >= 4 is 29.3 Å². The molecule has 0 aliphatic carbocycles. The molecule has 2 rings (SSSR count). The molecule has 1 aromatic carbocycles. The summed E-state index contributed by atoms with van der Waals surface area (Å²) in [6, 6.07) is 8.15. The molecule has 84 valence electrons. The fraction of sp³-hybridized carbons (Fsp3) is 0.182. The summed E-state index contributed by atoms with van der Waals surface area (Å²) in [6.45, 7) is 0. The van der Waals surface area contributed by atoms with Crippen molar-refractivity contribution in [1.29, 1.82) is 0 Å². The maximum absolute atomic E-state index is 6.04. The van der Waals surface area contributed by atoms with Crippen LogP contribution in [0.25, 0.3) is 11.3 Å². The number of nitrogens with zero attached hydrogens (tertiary/aromatic N) is 2. The highest BCUT2D eigenvalue weighted by atomic mass is 35.5. The Kier molecular flexibility index (Phi) is 3.12. The quantitative estimate of drug-likeness (QED) is 0.837. The molecule has 0 amide bonds. The normalized spacial score (nSPS) is 10.7. The van der Waals surface area contributed by atoms with Crippen LogP contribution in [0.3, 0.4) is 0 Å². The second kappa shape index (κ2) is 4.39. The molecule has 0 saturated carbocycles. The molecule has 2 N–H and O–H groups in total. The molecule has 0 bridgehead atoms. The van der Waals surface area contributed by atoms with E-state index in [1.165, 1.54) is 4.90 Å². The molecular weight excluding hydrogens is 242 g/mol. The lowest BCUT2D eigenvalue weighted by Gasteiger charge is -2.04. The van der Waals surface area contributed by atoms with Gasteiger partial charge < -0.3 is 10.3 Å². The molecule has 0 unspecified atom stereocenters. The summed E-state index contributed by atoms with van der Waals surface area (Å²) in [6.07, 6.45) is 2.05. The fourth-order valence-corrected chi connectivity index (χ4v) is 2.27. The summed E-state index contributed by atoms with van der Waals surface area (Å²) in [5, 5.41) is 0.442. The number of rotatable bonds is 2. The van der Waals surface area contributed by atoms with E-state index in [1.807, 2.05) is 25.4 Å². The number of nitrogens with two attached hydrogens (primary N) is 1. The molecule has 0 aliphatic heterocycles. The number of nitrogen functional groups attached to an aromatic ring is 1. The van der Waals surface area contributed by atoms with E-state index in [-0.39, 0.29) is 0 Å². The summed E-state index contributed by atoms with van der Waals surface area (Å²) < 4.78 is 1.79. The Hall–Kier alpha value is -1.13. The summed E-state index contributed by atoms with van der Waals surface area (Å²) in [7, 11) is 1.85. The van der Waals surface area contributed by atoms with E-state index in [2.05, 4.69) is 17.1 Å². The van der Waals surface area contributed by atoms with Gasteiger partial charge in [0.05, 0.1) is 5.69 Å². The number of aromatic nitrogens is 2. The van der Waals surface area contributed by atoms with Gasteiger partial charge in [0.25, 0.3) is 0 Å². The first kappa shape index (κ1) is 11.4. The minimum atomic E-state index is 0.425. The van der Waals surface area contributed by atoms with E-state index >= 15 is 0 Å². The highest BCUT2D eigenvalue weighted by Gasteiger charge is 2.12. The highest BCUT2D eigenvalue weighted by Crippen LogP contribution is 2.30. The summed E-state index contributed by atoms with van der Waals surface area (Å²) in [4.78, 5) is 5.25. The molecule has 3 nitrogen and oxygen atoms in total. The summed E-state index contributed by atoms with van der Waals surface area (Å²) in [5.41, 5.74) is 7.57. The minimum absolute atomic E-state index is 0.425. The van der Waals surface area contributed by atoms with Gasteiger partial charge in [-0.05, 0) is 18.4 Å². The zero-order valence-corrected chi connectivity index (χ0v) is 10.6. The molecular formula is C11H12ClN3S. The number of imidazole rings is 1. The van der Waals surface area contributed by atoms with Crippen LogP contribution in [-0.4, -0.2) is 15.8 Å². The Morgan fingerprint density at radius 1 is 1.31 bits per heavy atom. The van der Waals surface area contributed by atoms with Crippen LogP contribution in [0, 0.1) is 0 Å². The second-order valence-corrected chi connectivity index (χ2v) is 4.63. The van der Waals surface area contributed by atoms with Crippen LogP contribution in [-0.2, 0) is 7.05 Å². The van der Waals surface area contributed by atoms with Crippen molar-refractivity contribution in [2.45, 2.75) is 4.90 Å². The standard InChI is InChI=1S/C11H12ClN3S/c1-15-9(10(12)14-11(15)13)7-3-5-8(16-2)6-4-7/h3-6H,1-2H3,(H2,13,14). The number of hydrogen-bond acceptors (Lipinski definition) is 3. The maximum atomic E-state index is 6.04. The van der Waals surface area contributed by atoms with Crippen molar-refractivity contribution < 1.29 is 0 Å². The van der Waals surface area contributed by atoms with Gasteiger partial charge >= 0.3 is 0 Å². The molecule has 0 radical (unpaired) electrons. The van der Waals surface area contributed by atoms with Gasteiger partial charge in [0, 0.05) is 17.5 Å². The lowest BCUT2D eigenvalue weighted by Crippen LogP contribution is -1.98. The molecule has 0 saturated heterocycles. The van der Waals surface area contributed by atoms with E-state index in [4.69, 9.17) is 17.3 Å². The van der Waals surface area contributed by atoms with Crippen LogP contribution in [0.15, 0.2) is 29.2 Å². The molecule has 16 heavy (non-hydrogen) atoms. The topological polar surface area (TPSA) is 43.8 Å². The van der Waals surface area contributed by atoms with Crippen molar-refractivity contribution in [3.05, 3.63) is 29.4 Å². The average Bonchev–Trinajstić information content (AvgIpc) is 2.54. The lowest BCUT2D eigenvalue weighted by molar-refractivity contribution is 0.938. The zero-order chi connectivity index (χ0) is 11.7. The molecule has 1 aromatic heterocycles. The van der Waals surface area contributed by atoms with Crippen molar-refractivity contribution in [2.24, 2.45) is 7.05 Å². The van der Waals surface area contributed by atoms with Gasteiger partial charge in [0.1, 0.15) is 0 Å². The Morgan fingerprint density at radius 2 is 1.94 bits per heavy atom. The first-order valence-corrected chi connectivity index (χ1v) is 6.36. The first-order valence-electron chi connectivity index (χ1n) is 4.75. The first-order chi connectivity index (χ1) is 7.63. The third kappa shape index (κ3) is 1.90. The summed E-state index contributed by atoms with van der Waals surface area (Å²) >= 11 is 7.75. The molecule has 0 aliphatic rings. The van der Waals surface area contributed by atoms with E-state index in [9.17, 15) is 0 Å². The molecule has 0 atom stereocenters. The van der Waals surface area contributed by atoms with Gasteiger partial charge in [-0.3, -0.25) is 0 Å². The highest BCUT2D eigenvalue weighted by molar-refractivity contribution is 7.98. The van der Waals surface area contributed by atoms with Crippen molar-refractivity contribution in [2.75, 3.05) is 12.0 Å². The fourth-order valence-electron chi connectivity index (χ4n) is 1.54. The van der Waals surface area contributed by atoms with Gasteiger partial charge in [0.2, 0.25) is 5.95 Å². The Bertz CT molecular complexity index is 505. The van der Waals surface area contributed by atoms with Crippen molar-refractivity contribution in [1.82, 2.24) is 9.55 Å². The lowest BCUT2D eigenvalue weighted by atomic mass is 10.2. The Labute approximate surface area is 104 Å². The van der Waals surface area contributed by atoms with E-state index in [1.54, 1.807) is 16.3 Å². The molecule has 0 spiro atoms. The van der Waals surface area contributed by atoms with E-state index in [0.29, 0.717) is 11.1 Å². The number of halogens is 1. The van der Waals surface area contributed by atoms with Gasteiger partial charge in [-0.1, -0.05) is 23.7 Å². The van der Waals surface area contributed by atoms with Crippen molar-refractivity contribution in [3.63, 3.8) is 0 Å². The van der Waals surface area contributed by atoms with Gasteiger partial charge in [-0.15, -0.1) is 11.8 Å². The van der Waals surface area contributed by atoms with Crippen molar-refractivity contribution in [3.8, 4) is 11.3 Å². The Balaban J connectivity index is 2.50. The SMILES string of the molecule is CSc1ccc(-c2c(Cl)nc(N)n2C)cc1. The van der Waals surface area contributed by atoms with Gasteiger partial charge in [-0.2, -0.15) is 0 Å². The zero-order valence-electron chi connectivity index (χ0n) is 9.07. The number of thioether (sulfide) groups is 1. The second-order valence-electron chi connectivity index (χ2n) is 3.40. The third-order valence-corrected chi connectivity index (χ3v) is 3.46. The maximum Gasteiger partial charge on any atom is 0.201 e. The van der Waals surface area contributed by atoms with Crippen LogP contribution in [0.2, 0.25) is 5.15 Å². The van der Waals surface area contributed by atoms with E-state index in [0.717, 1.165) is 11.3 Å². The smallest absolute Gasteiger partial charge is 0.201 e. The van der Waals surface area contributed by atoms with Crippen LogP contribution >= 0.6 is 23.4 Å². The molecule has 5 heteroatoms. The largest absolute Gasteiger partial charge is 0.369 e. The Morgan fingerprint density at radius 3 is 2.38 bits per heavy atom. The number of benzene rings is 1. The van der Waals surface area contributed by atoms with Gasteiger partial charge in [0.15, 0.2) is 5.15 Å².